The zero-order valence-electron chi connectivity index (χ0n) is 16.1. The molecule has 0 unspecified atom stereocenters. The molecule has 0 saturated carbocycles. The van der Waals surface area contributed by atoms with Gasteiger partial charge in [-0.3, -0.25) is 0 Å². The molecule has 1 N–H and O–H groups in total. The molecule has 0 bridgehead atoms. The maximum Gasteiger partial charge on any atom is 0.322 e. The quantitative estimate of drug-likeness (QED) is 0.725. The monoisotopic (exact) mass is 400 g/mol. The van der Waals surface area contributed by atoms with Crippen LogP contribution in [0.15, 0.2) is 41.1 Å². The third-order valence-corrected chi connectivity index (χ3v) is 6.17. The minimum Gasteiger partial charge on any atom is -0.376 e. The normalized spacial score (nSPS) is 22.4. The highest BCUT2D eigenvalue weighted by Crippen LogP contribution is 2.33. The van der Waals surface area contributed by atoms with E-state index in [1.54, 1.807) is 11.3 Å². The summed E-state index contributed by atoms with van der Waals surface area (Å²) in [6.07, 6.45) is 5.76. The van der Waals surface area contributed by atoms with Crippen LogP contribution < -0.4 is 5.32 Å². The number of hydrogen-bond acceptors (Lipinski definition) is 4. The topological polar surface area (TPSA) is 50.8 Å². The molecule has 2 amide bonds. The van der Waals surface area contributed by atoms with Crippen molar-refractivity contribution in [3.05, 3.63) is 52.2 Å². The van der Waals surface area contributed by atoms with Gasteiger partial charge in [-0.15, -0.1) is 0 Å². The fraction of sp³-hybridized carbons (Fsp3) is 0.500. The molecule has 1 aromatic carbocycles. The minimum atomic E-state index is -0.0256. The Labute approximate surface area is 170 Å². The van der Waals surface area contributed by atoms with E-state index in [1.807, 2.05) is 29.2 Å². The van der Waals surface area contributed by atoms with Crippen LogP contribution in [-0.2, 0) is 16.1 Å². The van der Waals surface area contributed by atoms with Crippen LogP contribution in [0.1, 0.15) is 49.3 Å². The molecular formula is C22H28N2O3S. The molecular weight excluding hydrogens is 372 g/mol. The summed E-state index contributed by atoms with van der Waals surface area (Å²) in [6.45, 7) is 2.81. The van der Waals surface area contributed by atoms with Crippen molar-refractivity contribution >= 4 is 23.1 Å². The van der Waals surface area contributed by atoms with Crippen molar-refractivity contribution in [3.63, 3.8) is 0 Å². The van der Waals surface area contributed by atoms with Crippen molar-refractivity contribution < 1.29 is 14.3 Å². The Bertz CT molecular complexity index is 759. The van der Waals surface area contributed by atoms with Crippen LogP contribution in [0.5, 0.6) is 0 Å². The third-order valence-electron chi connectivity index (χ3n) is 5.47. The number of nitrogens with one attached hydrogen (secondary N) is 1. The van der Waals surface area contributed by atoms with E-state index in [4.69, 9.17) is 9.47 Å². The first kappa shape index (κ1) is 19.4. The summed E-state index contributed by atoms with van der Waals surface area (Å²) in [5.74, 6) is 0. The van der Waals surface area contributed by atoms with E-state index in [2.05, 4.69) is 22.1 Å². The van der Waals surface area contributed by atoms with Gasteiger partial charge in [-0.25, -0.2) is 4.79 Å². The molecule has 1 aromatic heterocycles. The molecule has 150 valence electrons. The summed E-state index contributed by atoms with van der Waals surface area (Å²) >= 11 is 1.68. The Hall–Kier alpha value is -1.89. The number of anilines is 1. The molecule has 2 aliphatic heterocycles. The van der Waals surface area contributed by atoms with Crippen LogP contribution >= 0.6 is 11.3 Å². The lowest BCUT2D eigenvalue weighted by Crippen LogP contribution is -2.34. The second kappa shape index (κ2) is 9.54. The van der Waals surface area contributed by atoms with Crippen LogP contribution in [0.3, 0.4) is 0 Å². The number of thiophene rings is 1. The van der Waals surface area contributed by atoms with Crippen LogP contribution in [0.4, 0.5) is 10.5 Å². The van der Waals surface area contributed by atoms with Crippen molar-refractivity contribution in [3.8, 4) is 0 Å². The van der Waals surface area contributed by atoms with E-state index >= 15 is 0 Å². The van der Waals surface area contributed by atoms with Crippen molar-refractivity contribution in [2.75, 3.05) is 25.1 Å². The lowest BCUT2D eigenvalue weighted by atomic mass is 10.1. The molecule has 2 atom stereocenters. The van der Waals surface area contributed by atoms with E-state index in [0.29, 0.717) is 13.2 Å². The van der Waals surface area contributed by atoms with Gasteiger partial charge in [0, 0.05) is 18.8 Å². The smallest absolute Gasteiger partial charge is 0.322 e. The van der Waals surface area contributed by atoms with Crippen LogP contribution in [-0.4, -0.2) is 36.8 Å². The summed E-state index contributed by atoms with van der Waals surface area (Å²) in [5.41, 5.74) is 3.12. The van der Waals surface area contributed by atoms with Gasteiger partial charge in [0.25, 0.3) is 0 Å². The second-order valence-corrected chi connectivity index (χ2v) is 8.32. The Morgan fingerprint density at radius 2 is 2.21 bits per heavy atom. The van der Waals surface area contributed by atoms with Gasteiger partial charge < -0.3 is 19.7 Å². The molecule has 0 aliphatic carbocycles. The molecule has 2 saturated heterocycles. The SMILES string of the molecule is O=C(Nc1cccc(COC[C@H]2CCCCO2)c1)N1CCC[C@H]1c1ccsc1. The first-order valence-corrected chi connectivity index (χ1v) is 11.1. The summed E-state index contributed by atoms with van der Waals surface area (Å²) in [7, 11) is 0. The van der Waals surface area contributed by atoms with Gasteiger partial charge in [0.2, 0.25) is 0 Å². The Morgan fingerprint density at radius 1 is 1.25 bits per heavy atom. The van der Waals surface area contributed by atoms with E-state index in [9.17, 15) is 4.79 Å². The zero-order chi connectivity index (χ0) is 19.2. The number of carbonyl (C=O) groups excluding carboxylic acids is 1. The molecule has 4 rings (SSSR count). The molecule has 6 heteroatoms. The first-order valence-electron chi connectivity index (χ1n) is 10.2. The molecule has 0 radical (unpaired) electrons. The number of ether oxygens (including phenoxy) is 2. The number of carbonyl (C=O) groups is 1. The molecule has 2 aromatic rings. The maximum atomic E-state index is 12.8. The average molecular weight is 401 g/mol. The molecule has 0 spiro atoms. The first-order chi connectivity index (χ1) is 13.8. The number of hydrogen-bond donors (Lipinski definition) is 1. The van der Waals surface area contributed by atoms with Gasteiger partial charge in [0.1, 0.15) is 0 Å². The molecule has 2 aliphatic rings. The summed E-state index contributed by atoms with van der Waals surface area (Å²) in [4.78, 5) is 14.8. The summed E-state index contributed by atoms with van der Waals surface area (Å²) in [5, 5.41) is 7.28. The van der Waals surface area contributed by atoms with Crippen molar-refractivity contribution in [1.82, 2.24) is 4.90 Å². The van der Waals surface area contributed by atoms with Gasteiger partial charge in [-0.2, -0.15) is 11.3 Å². The third kappa shape index (κ3) is 4.93. The molecule has 5 nitrogen and oxygen atoms in total. The number of likely N-dealkylation sites (tertiary alicyclic amines) is 1. The van der Waals surface area contributed by atoms with Crippen LogP contribution in [0.2, 0.25) is 0 Å². The molecule has 3 heterocycles. The highest BCUT2D eigenvalue weighted by atomic mass is 32.1. The number of nitrogens with zero attached hydrogens (tertiary/aromatic N) is 1. The van der Waals surface area contributed by atoms with Crippen molar-refractivity contribution in [2.45, 2.75) is 50.9 Å². The number of amides is 2. The van der Waals surface area contributed by atoms with E-state index in [1.165, 1.54) is 12.0 Å². The predicted molar refractivity (Wildman–Crippen MR) is 112 cm³/mol. The molecule has 28 heavy (non-hydrogen) atoms. The number of urea groups is 1. The Morgan fingerprint density at radius 3 is 3.04 bits per heavy atom. The van der Waals surface area contributed by atoms with E-state index < -0.39 is 0 Å². The van der Waals surface area contributed by atoms with E-state index in [0.717, 1.165) is 50.1 Å². The second-order valence-electron chi connectivity index (χ2n) is 7.54. The summed E-state index contributed by atoms with van der Waals surface area (Å²) in [6, 6.07) is 10.2. The zero-order valence-corrected chi connectivity index (χ0v) is 17.0. The largest absolute Gasteiger partial charge is 0.376 e. The number of benzene rings is 1. The highest BCUT2D eigenvalue weighted by Gasteiger charge is 2.30. The Balaban J connectivity index is 1.30. The van der Waals surface area contributed by atoms with Gasteiger partial charge in [0.05, 0.1) is 25.4 Å². The van der Waals surface area contributed by atoms with Crippen molar-refractivity contribution in [2.24, 2.45) is 0 Å². The van der Waals surface area contributed by atoms with Gasteiger partial charge >= 0.3 is 6.03 Å². The standard InChI is InChI=1S/C22H28N2O3S/c25-22(24-10-4-8-21(24)18-9-12-28-16-18)23-19-6-3-5-17(13-19)14-26-15-20-7-1-2-11-27-20/h3,5-6,9,12-13,16,20-21H,1-2,4,7-8,10-11,14-15H2,(H,23,25)/t20-,21+/m1/s1. The average Bonchev–Trinajstić information content (AvgIpc) is 3.41. The number of rotatable bonds is 6. The van der Waals surface area contributed by atoms with Crippen LogP contribution in [0.25, 0.3) is 0 Å². The predicted octanol–water partition coefficient (Wildman–Crippen LogP) is 5.20. The highest BCUT2D eigenvalue weighted by molar-refractivity contribution is 7.08. The molecule has 2 fully saturated rings. The van der Waals surface area contributed by atoms with Crippen molar-refractivity contribution in [1.29, 1.82) is 0 Å². The van der Waals surface area contributed by atoms with Gasteiger partial charge in [-0.05, 0) is 72.2 Å². The summed E-state index contributed by atoms with van der Waals surface area (Å²) < 4.78 is 11.5. The lowest BCUT2D eigenvalue weighted by molar-refractivity contribution is -0.0447. The van der Waals surface area contributed by atoms with E-state index in [-0.39, 0.29) is 18.2 Å². The fourth-order valence-corrected chi connectivity index (χ4v) is 4.71. The van der Waals surface area contributed by atoms with Gasteiger partial charge in [-0.1, -0.05) is 12.1 Å². The minimum absolute atomic E-state index is 0.0256. The fourth-order valence-electron chi connectivity index (χ4n) is 4.00. The van der Waals surface area contributed by atoms with Crippen LogP contribution in [0, 0.1) is 0 Å². The Kier molecular flexibility index (Phi) is 6.62. The van der Waals surface area contributed by atoms with Gasteiger partial charge in [0.15, 0.2) is 0 Å². The lowest BCUT2D eigenvalue weighted by Gasteiger charge is -2.24. The maximum absolute atomic E-state index is 12.8.